The number of halogens is 2. The van der Waals surface area contributed by atoms with Crippen molar-refractivity contribution in [3.63, 3.8) is 0 Å². The molecule has 8 heavy (non-hydrogen) atoms. The molecule has 0 N–H and O–H groups in total. The second kappa shape index (κ2) is 2.57. The summed E-state index contributed by atoms with van der Waals surface area (Å²) in [6.45, 7) is 4.82. The average molecular weight is 337 g/mol. The molecule has 0 saturated carbocycles. The van der Waals surface area contributed by atoms with Crippen molar-refractivity contribution in [3.8, 4) is 0 Å². The minimum absolute atomic E-state index is 0.555. The largest absolute Gasteiger partial charge is 0.246 e. The van der Waals surface area contributed by atoms with E-state index in [0.717, 1.165) is 0 Å². The highest BCUT2D eigenvalue weighted by molar-refractivity contribution is 14.1. The van der Waals surface area contributed by atoms with Crippen molar-refractivity contribution in [2.24, 2.45) is 0 Å². The molecule has 1 fully saturated rings. The third-order valence-corrected chi connectivity index (χ3v) is 3.08. The van der Waals surface area contributed by atoms with E-state index in [9.17, 15) is 0 Å². The summed E-state index contributed by atoms with van der Waals surface area (Å²) in [5, 5.41) is 0. The van der Waals surface area contributed by atoms with Crippen molar-refractivity contribution in [3.05, 3.63) is 0 Å². The average Bonchev–Trinajstić information content (AvgIpc) is 1.82. The molecule has 0 amide bonds. The van der Waals surface area contributed by atoms with Gasteiger partial charge in [0.05, 0.1) is 0 Å². The Bertz CT molecular complexity index is 92.4. The molecule has 0 unspecified atom stereocenters. The quantitative estimate of drug-likeness (QED) is 0.372. The molecule has 1 atom stereocenters. The van der Waals surface area contributed by atoms with Crippen LogP contribution in [0.4, 0.5) is 0 Å². The van der Waals surface area contributed by atoms with Gasteiger partial charge in [-0.3, -0.25) is 0 Å². The molecule has 0 aromatic rings. The highest BCUT2D eigenvalue weighted by Crippen LogP contribution is 2.31. The third-order valence-electron chi connectivity index (χ3n) is 1.38. The van der Waals surface area contributed by atoms with Crippen LogP contribution in [-0.2, 0) is 0 Å². The zero-order valence-corrected chi connectivity index (χ0v) is 9.14. The number of hydrogen-bond donors (Lipinski definition) is 0. The molecule has 1 aliphatic heterocycles. The van der Waals surface area contributed by atoms with Gasteiger partial charge in [-0.25, -0.2) is 3.11 Å². The van der Waals surface area contributed by atoms with Crippen molar-refractivity contribution in [1.29, 1.82) is 0 Å². The van der Waals surface area contributed by atoms with Crippen LogP contribution in [0.1, 0.15) is 13.3 Å². The fraction of sp³-hybridized carbons (Fsp3) is 1.00. The van der Waals surface area contributed by atoms with Gasteiger partial charge < -0.3 is 0 Å². The van der Waals surface area contributed by atoms with Gasteiger partial charge in [0.15, 0.2) is 0 Å². The topological polar surface area (TPSA) is 3.24 Å². The van der Waals surface area contributed by atoms with Crippen LogP contribution < -0.4 is 0 Å². The Morgan fingerprint density at radius 2 is 2.25 bits per heavy atom. The summed E-state index contributed by atoms with van der Waals surface area (Å²) in [5.74, 6) is 0. The molecule has 1 aliphatic rings. The number of hydrogen-bond acceptors (Lipinski definition) is 1. The zero-order chi connectivity index (χ0) is 6.20. The van der Waals surface area contributed by atoms with Gasteiger partial charge >= 0.3 is 0 Å². The maximum atomic E-state index is 2.53. The first-order valence-corrected chi connectivity index (χ1v) is 4.74. The van der Waals surface area contributed by atoms with Crippen LogP contribution in [0.3, 0.4) is 0 Å². The van der Waals surface area contributed by atoms with Crippen LogP contribution >= 0.6 is 45.5 Å². The second-order valence-corrected chi connectivity index (χ2v) is 6.48. The highest BCUT2D eigenvalue weighted by Gasteiger charge is 2.29. The number of alkyl halides is 1. The molecule has 3 heteroatoms. The summed E-state index contributed by atoms with van der Waals surface area (Å²) in [5.41, 5.74) is 0. The molecule has 1 heterocycles. The normalized spacial score (nSPS) is 40.9. The summed E-state index contributed by atoms with van der Waals surface area (Å²) in [4.78, 5) is 0. The van der Waals surface area contributed by atoms with Crippen molar-refractivity contribution < 1.29 is 0 Å². The molecular weight excluding hydrogens is 328 g/mol. The lowest BCUT2D eigenvalue weighted by molar-refractivity contribution is 0.618. The smallest absolute Gasteiger partial charge is 0.0341 e. The molecule has 0 spiro atoms. The van der Waals surface area contributed by atoms with E-state index < -0.39 is 0 Å². The van der Waals surface area contributed by atoms with E-state index in [-0.39, 0.29) is 0 Å². The first-order chi connectivity index (χ1) is 3.60. The molecule has 0 radical (unpaired) electrons. The molecule has 0 bridgehead atoms. The van der Waals surface area contributed by atoms with E-state index in [1.807, 2.05) is 0 Å². The minimum Gasteiger partial charge on any atom is -0.246 e. The Labute approximate surface area is 77.8 Å². The summed E-state index contributed by atoms with van der Waals surface area (Å²) in [7, 11) is 0. The third kappa shape index (κ3) is 1.98. The molecule has 1 saturated heterocycles. The van der Waals surface area contributed by atoms with Crippen molar-refractivity contribution in [1.82, 2.24) is 3.11 Å². The fourth-order valence-electron chi connectivity index (χ4n) is 0.870. The highest BCUT2D eigenvalue weighted by atomic mass is 127. The molecule has 48 valence electrons. The van der Waals surface area contributed by atoms with E-state index in [0.29, 0.717) is 3.42 Å². The summed E-state index contributed by atoms with van der Waals surface area (Å²) >= 11 is 4.92. The lowest BCUT2D eigenvalue weighted by Gasteiger charge is -2.12. The van der Waals surface area contributed by atoms with Gasteiger partial charge in [-0.1, -0.05) is 22.6 Å². The maximum absolute atomic E-state index is 2.53. The first-order valence-electron chi connectivity index (χ1n) is 2.70. The Morgan fingerprint density at radius 1 is 1.62 bits per heavy atom. The summed E-state index contributed by atoms with van der Waals surface area (Å²) in [6.07, 6.45) is 1.34. The van der Waals surface area contributed by atoms with Crippen LogP contribution in [0, 0.1) is 0 Å². The number of rotatable bonds is 0. The van der Waals surface area contributed by atoms with Crippen LogP contribution in [0.2, 0.25) is 0 Å². The predicted molar refractivity (Wildman–Crippen MR) is 52.6 cm³/mol. The van der Waals surface area contributed by atoms with E-state index in [1.165, 1.54) is 19.5 Å². The number of nitrogens with zero attached hydrogens (tertiary/aromatic N) is 1. The van der Waals surface area contributed by atoms with E-state index in [4.69, 9.17) is 0 Å². The van der Waals surface area contributed by atoms with Crippen LogP contribution in [0.25, 0.3) is 0 Å². The monoisotopic (exact) mass is 337 g/mol. The zero-order valence-electron chi connectivity index (χ0n) is 4.82. The van der Waals surface area contributed by atoms with Gasteiger partial charge in [0.25, 0.3) is 0 Å². The first kappa shape index (κ1) is 7.53. The lowest BCUT2D eigenvalue weighted by Crippen LogP contribution is -2.17. The van der Waals surface area contributed by atoms with Gasteiger partial charge in [0.2, 0.25) is 0 Å². The van der Waals surface area contributed by atoms with Gasteiger partial charge in [-0.2, -0.15) is 0 Å². The van der Waals surface area contributed by atoms with E-state index in [2.05, 4.69) is 55.5 Å². The standard InChI is InChI=1S/C5H9I2N/c1-5(6)2-3-8(7)4-5/h2-4H2,1H3/t5-/m0/s1. The Hall–Kier alpha value is 1.42. The molecule has 0 aliphatic carbocycles. The Balaban J connectivity index is 2.44. The van der Waals surface area contributed by atoms with Crippen LogP contribution in [0.5, 0.6) is 0 Å². The van der Waals surface area contributed by atoms with Crippen molar-refractivity contribution in [2.75, 3.05) is 13.1 Å². The molecule has 1 nitrogen and oxygen atoms in total. The fourth-order valence-corrected chi connectivity index (χ4v) is 3.17. The SMILES string of the molecule is C[C@]1(I)CCN(I)C1. The molecular formula is C5H9I2N. The lowest BCUT2D eigenvalue weighted by atomic mass is 10.2. The molecule has 1 rings (SSSR count). The Morgan fingerprint density at radius 3 is 2.38 bits per heavy atom. The second-order valence-electron chi connectivity index (χ2n) is 2.51. The summed E-state index contributed by atoms with van der Waals surface area (Å²) in [6, 6.07) is 0. The van der Waals surface area contributed by atoms with Gasteiger partial charge in [0, 0.05) is 39.4 Å². The Kier molecular flexibility index (Phi) is 2.42. The predicted octanol–water partition coefficient (Wildman–Crippen LogP) is 2.24. The van der Waals surface area contributed by atoms with Crippen molar-refractivity contribution >= 4 is 45.5 Å². The van der Waals surface area contributed by atoms with Crippen LogP contribution in [-0.4, -0.2) is 19.6 Å². The van der Waals surface area contributed by atoms with E-state index >= 15 is 0 Å². The maximum Gasteiger partial charge on any atom is 0.0341 e. The van der Waals surface area contributed by atoms with Crippen molar-refractivity contribution in [2.45, 2.75) is 16.8 Å². The van der Waals surface area contributed by atoms with Crippen LogP contribution in [0.15, 0.2) is 0 Å². The molecule has 0 aromatic heterocycles. The van der Waals surface area contributed by atoms with Gasteiger partial charge in [-0.15, -0.1) is 0 Å². The molecule has 0 aromatic carbocycles. The van der Waals surface area contributed by atoms with E-state index in [1.54, 1.807) is 0 Å². The van der Waals surface area contributed by atoms with Gasteiger partial charge in [-0.05, 0) is 13.3 Å². The van der Waals surface area contributed by atoms with Gasteiger partial charge in [0.1, 0.15) is 0 Å². The summed E-state index contributed by atoms with van der Waals surface area (Å²) < 4.78 is 2.91. The minimum atomic E-state index is 0.555.